The van der Waals surface area contributed by atoms with Gasteiger partial charge in [-0.3, -0.25) is 0 Å². The molecule has 0 saturated carbocycles. The van der Waals surface area contributed by atoms with E-state index in [-0.39, 0.29) is 0 Å². The van der Waals surface area contributed by atoms with E-state index >= 15 is 0 Å². The molecule has 0 N–H and O–H groups in total. The minimum absolute atomic E-state index is 1.14. The summed E-state index contributed by atoms with van der Waals surface area (Å²) in [6.45, 7) is 0. The Labute approximate surface area is 271 Å². The highest BCUT2D eigenvalue weighted by molar-refractivity contribution is 7.32. The highest BCUT2D eigenvalue weighted by Crippen LogP contribution is 2.46. The van der Waals surface area contributed by atoms with Crippen molar-refractivity contribution in [2.75, 3.05) is 0 Å². The third-order valence-corrected chi connectivity index (χ3v) is 16.4. The van der Waals surface area contributed by atoms with E-state index in [1.165, 1.54) is 79.4 Å². The molecular formula is C32H14N2S8. The molecule has 200 valence electrons. The smallest absolute Gasteiger partial charge is 0.134 e. The normalized spacial score (nSPS) is 12.3. The van der Waals surface area contributed by atoms with Crippen LogP contribution in [-0.4, -0.2) is 9.97 Å². The summed E-state index contributed by atoms with van der Waals surface area (Å²) in [5.74, 6) is 0. The minimum atomic E-state index is 1.14. The van der Waals surface area contributed by atoms with E-state index in [9.17, 15) is 0 Å². The fraction of sp³-hybridized carbons (Fsp3) is 0. The maximum absolute atomic E-state index is 4.48. The van der Waals surface area contributed by atoms with E-state index in [4.69, 9.17) is 0 Å². The third kappa shape index (κ3) is 3.94. The maximum Gasteiger partial charge on any atom is 0.134 e. The predicted molar refractivity (Wildman–Crippen MR) is 194 cm³/mol. The second-order valence-corrected chi connectivity index (χ2v) is 18.1. The molecule has 0 radical (unpaired) electrons. The number of benzene rings is 2. The Bertz CT molecular complexity index is 2300. The highest BCUT2D eigenvalue weighted by atomic mass is 32.1. The van der Waals surface area contributed by atoms with Gasteiger partial charge in [-0.1, -0.05) is 0 Å². The number of aromatic nitrogens is 2. The first kappa shape index (κ1) is 24.6. The SMILES string of the molecule is c1nc2sc(-c3ccc(-c4cc5cc6cc7sc(-c8ccc(-c9cc%10scnc%10s9)s8)cc7cc6cc5s4)s3)cc2s1. The van der Waals surface area contributed by atoms with Gasteiger partial charge in [0.05, 0.1) is 20.4 Å². The monoisotopic (exact) mass is 682 g/mol. The Balaban J connectivity index is 0.990. The lowest BCUT2D eigenvalue weighted by molar-refractivity contribution is 1.54. The van der Waals surface area contributed by atoms with Gasteiger partial charge in [-0.15, -0.1) is 90.7 Å². The lowest BCUT2D eigenvalue weighted by Gasteiger charge is -1.99. The van der Waals surface area contributed by atoms with E-state index in [1.807, 2.05) is 56.4 Å². The molecular weight excluding hydrogens is 669 g/mol. The van der Waals surface area contributed by atoms with E-state index < -0.39 is 0 Å². The molecule has 0 spiro atoms. The zero-order chi connectivity index (χ0) is 27.4. The summed E-state index contributed by atoms with van der Waals surface area (Å²) in [6.07, 6.45) is 0. The van der Waals surface area contributed by atoms with Crippen LogP contribution in [0.3, 0.4) is 0 Å². The van der Waals surface area contributed by atoms with E-state index in [2.05, 4.69) is 82.8 Å². The van der Waals surface area contributed by atoms with Crippen molar-refractivity contribution in [3.63, 3.8) is 0 Å². The number of thiazole rings is 2. The van der Waals surface area contributed by atoms with Crippen molar-refractivity contribution in [1.82, 2.24) is 9.97 Å². The molecule has 10 rings (SSSR count). The Hall–Kier alpha value is -2.80. The van der Waals surface area contributed by atoms with Crippen molar-refractivity contribution in [3.8, 4) is 39.0 Å². The van der Waals surface area contributed by atoms with Gasteiger partial charge in [0.2, 0.25) is 0 Å². The molecule has 42 heavy (non-hydrogen) atoms. The maximum atomic E-state index is 4.48. The minimum Gasteiger partial charge on any atom is -0.234 e. The fourth-order valence-electron chi connectivity index (χ4n) is 5.36. The van der Waals surface area contributed by atoms with Crippen molar-refractivity contribution in [3.05, 3.63) is 83.8 Å². The first-order chi connectivity index (χ1) is 20.7. The molecule has 8 heterocycles. The number of nitrogens with zero attached hydrogens (tertiary/aromatic N) is 2. The van der Waals surface area contributed by atoms with Gasteiger partial charge in [0.15, 0.2) is 0 Å². The third-order valence-electron chi connectivity index (χ3n) is 7.35. The summed E-state index contributed by atoms with van der Waals surface area (Å²) in [4.78, 5) is 21.9. The van der Waals surface area contributed by atoms with Crippen molar-refractivity contribution >= 4 is 141 Å². The lowest BCUT2D eigenvalue weighted by Crippen LogP contribution is -1.72. The summed E-state index contributed by atoms with van der Waals surface area (Å²) < 4.78 is 5.25. The molecule has 10 aromatic rings. The van der Waals surface area contributed by atoms with Crippen LogP contribution in [0.25, 0.3) is 89.0 Å². The van der Waals surface area contributed by atoms with Crippen LogP contribution in [-0.2, 0) is 0 Å². The molecule has 8 aromatic heterocycles. The van der Waals surface area contributed by atoms with Gasteiger partial charge < -0.3 is 0 Å². The average molecular weight is 683 g/mol. The van der Waals surface area contributed by atoms with Gasteiger partial charge >= 0.3 is 0 Å². The highest BCUT2D eigenvalue weighted by Gasteiger charge is 2.15. The second kappa shape index (κ2) is 9.35. The van der Waals surface area contributed by atoms with Crippen LogP contribution in [0.15, 0.2) is 83.8 Å². The Morgan fingerprint density at radius 3 is 1.19 bits per heavy atom. The van der Waals surface area contributed by atoms with Crippen LogP contribution in [0.4, 0.5) is 0 Å². The quantitative estimate of drug-likeness (QED) is 0.185. The van der Waals surface area contributed by atoms with Crippen LogP contribution >= 0.6 is 90.7 Å². The summed E-state index contributed by atoms with van der Waals surface area (Å²) in [6, 6.07) is 27.9. The van der Waals surface area contributed by atoms with Crippen molar-refractivity contribution in [2.45, 2.75) is 0 Å². The summed E-state index contributed by atoms with van der Waals surface area (Å²) in [7, 11) is 0. The molecule has 2 aromatic carbocycles. The molecule has 0 unspecified atom stereocenters. The summed E-state index contributed by atoms with van der Waals surface area (Å²) in [5.41, 5.74) is 3.86. The van der Waals surface area contributed by atoms with Gasteiger partial charge in [0.1, 0.15) is 9.66 Å². The Morgan fingerprint density at radius 2 is 0.762 bits per heavy atom. The topological polar surface area (TPSA) is 25.8 Å². The summed E-state index contributed by atoms with van der Waals surface area (Å²) >= 11 is 14.6. The number of hydrogen-bond donors (Lipinski definition) is 0. The molecule has 0 atom stereocenters. The Kier molecular flexibility index (Phi) is 5.48. The molecule has 2 nitrogen and oxygen atoms in total. The van der Waals surface area contributed by atoms with E-state index in [1.54, 1.807) is 45.3 Å². The number of fused-ring (bicyclic) bond motifs is 5. The molecule has 0 bridgehead atoms. The lowest BCUT2D eigenvalue weighted by atomic mass is 10.1. The second-order valence-electron chi connectivity index (χ2n) is 9.94. The van der Waals surface area contributed by atoms with Crippen LogP contribution in [0, 0.1) is 0 Å². The molecule has 0 aliphatic carbocycles. The van der Waals surface area contributed by atoms with Gasteiger partial charge in [0, 0.05) is 48.4 Å². The van der Waals surface area contributed by atoms with Crippen LogP contribution in [0.1, 0.15) is 0 Å². The summed E-state index contributed by atoms with van der Waals surface area (Å²) in [5, 5.41) is 5.26. The zero-order valence-electron chi connectivity index (χ0n) is 21.2. The van der Waals surface area contributed by atoms with Gasteiger partial charge in [-0.25, -0.2) is 9.97 Å². The molecule has 0 fully saturated rings. The molecule has 10 heteroatoms. The van der Waals surface area contributed by atoms with Crippen molar-refractivity contribution in [1.29, 1.82) is 0 Å². The Morgan fingerprint density at radius 1 is 0.333 bits per heavy atom. The van der Waals surface area contributed by atoms with Gasteiger partial charge in [0.25, 0.3) is 0 Å². The number of rotatable bonds is 4. The first-order valence-electron chi connectivity index (χ1n) is 13.0. The van der Waals surface area contributed by atoms with Crippen molar-refractivity contribution < 1.29 is 0 Å². The molecule has 0 saturated heterocycles. The largest absolute Gasteiger partial charge is 0.234 e. The van der Waals surface area contributed by atoms with Gasteiger partial charge in [-0.2, -0.15) is 0 Å². The van der Waals surface area contributed by atoms with E-state index in [0.717, 1.165) is 9.66 Å². The average Bonchev–Trinajstić information content (AvgIpc) is 3.82. The van der Waals surface area contributed by atoms with E-state index in [0.29, 0.717) is 0 Å². The standard InChI is InChI=1S/C32H14N2S8/c1-3-21(27-11-29-31(41-27)33-13-35-29)37-19(1)25-9-17-5-15-8-24-18(6-16(15)7-23(17)39-25)10-26(40-24)20-2-4-22(38-20)28-12-30-32(42-28)34-14-36-30/h1-14H. The number of hydrogen-bond acceptors (Lipinski definition) is 10. The number of thiophene rings is 6. The molecule has 0 aliphatic rings. The van der Waals surface area contributed by atoms with Crippen LogP contribution < -0.4 is 0 Å². The molecule has 0 amide bonds. The van der Waals surface area contributed by atoms with Crippen molar-refractivity contribution in [2.24, 2.45) is 0 Å². The van der Waals surface area contributed by atoms with Crippen LogP contribution in [0.5, 0.6) is 0 Å². The van der Waals surface area contributed by atoms with Gasteiger partial charge in [-0.05, 0) is 94.3 Å². The first-order valence-corrected chi connectivity index (χ1v) is 19.6. The predicted octanol–water partition coefficient (Wildman–Crippen LogP) is 13.4. The zero-order valence-corrected chi connectivity index (χ0v) is 27.8. The van der Waals surface area contributed by atoms with Crippen LogP contribution in [0.2, 0.25) is 0 Å². The molecule has 0 aliphatic heterocycles. The fourth-order valence-corrected chi connectivity index (χ4v) is 13.7.